The molecule has 3 aliphatic rings. The summed E-state index contributed by atoms with van der Waals surface area (Å²) < 4.78 is 9.87. The van der Waals surface area contributed by atoms with Gasteiger partial charge in [-0.2, -0.15) is 0 Å². The van der Waals surface area contributed by atoms with Crippen molar-refractivity contribution in [2.75, 3.05) is 9.80 Å². The molecule has 3 nitrogen and oxygen atoms in total. The van der Waals surface area contributed by atoms with Crippen LogP contribution in [0, 0.1) is 0 Å². The van der Waals surface area contributed by atoms with E-state index in [9.17, 15) is 0 Å². The number of furan rings is 1. The van der Waals surface area contributed by atoms with Crippen LogP contribution in [0.1, 0.15) is 25.0 Å². The standard InChI is InChI=1S/C51H33BN2OS/c1-51(2)37-16-5-3-13-31(37)33-26-27-35-34-15-11-23-44(49(34)55-50(35)47(33)51)54-41-20-9-7-18-39(41)52-38-17-6-8-19-40(38)53(42-21-12-22-43(54)48(42)52)30-25-28-46-36(29-30)32-14-4-10-24-45(32)56-46/h3-29H,1-2H3. The van der Waals surface area contributed by atoms with E-state index in [-0.39, 0.29) is 12.1 Å². The van der Waals surface area contributed by atoms with Gasteiger partial charge < -0.3 is 14.2 Å². The Bertz CT molecular complexity index is 3340. The Morgan fingerprint density at radius 3 is 1.96 bits per heavy atom. The predicted molar refractivity (Wildman–Crippen MR) is 238 cm³/mol. The molecule has 0 unspecified atom stereocenters. The van der Waals surface area contributed by atoms with Crippen LogP contribution < -0.4 is 26.2 Å². The Hall–Kier alpha value is -6.56. The number of thiophene rings is 1. The number of anilines is 6. The van der Waals surface area contributed by atoms with Crippen LogP contribution in [0.15, 0.2) is 168 Å². The molecule has 5 heteroatoms. The quantitative estimate of drug-likeness (QED) is 0.165. The van der Waals surface area contributed by atoms with Gasteiger partial charge in [-0.1, -0.05) is 117 Å². The van der Waals surface area contributed by atoms with Gasteiger partial charge in [0.2, 0.25) is 0 Å². The Morgan fingerprint density at radius 1 is 0.482 bits per heavy atom. The molecule has 0 saturated heterocycles. The van der Waals surface area contributed by atoms with Crippen LogP contribution in [0.2, 0.25) is 0 Å². The van der Waals surface area contributed by atoms with Crippen LogP contribution in [-0.4, -0.2) is 6.71 Å². The van der Waals surface area contributed by atoms with Crippen LogP contribution in [0.5, 0.6) is 0 Å². The summed E-state index contributed by atoms with van der Waals surface area (Å²) in [6.45, 7) is 4.75. The zero-order valence-corrected chi connectivity index (χ0v) is 31.7. The van der Waals surface area contributed by atoms with Gasteiger partial charge in [0.25, 0.3) is 6.71 Å². The van der Waals surface area contributed by atoms with Crippen molar-refractivity contribution in [3.63, 3.8) is 0 Å². The van der Waals surface area contributed by atoms with E-state index in [1.807, 2.05) is 11.3 Å². The van der Waals surface area contributed by atoms with Crippen LogP contribution in [0.3, 0.4) is 0 Å². The summed E-state index contributed by atoms with van der Waals surface area (Å²) in [5.74, 6) is 0. The molecule has 262 valence electrons. The van der Waals surface area contributed by atoms with E-state index in [2.05, 4.69) is 187 Å². The predicted octanol–water partition coefficient (Wildman–Crippen LogP) is 12.3. The second kappa shape index (κ2) is 10.8. The fourth-order valence-electron chi connectivity index (χ4n) is 10.5. The number of nitrogens with zero attached hydrogens (tertiary/aromatic N) is 2. The van der Waals surface area contributed by atoms with Gasteiger partial charge in [-0.3, -0.25) is 0 Å². The molecular formula is C51H33BN2OS. The summed E-state index contributed by atoms with van der Waals surface area (Å²) in [6, 6.07) is 60.7. The maximum atomic E-state index is 7.24. The summed E-state index contributed by atoms with van der Waals surface area (Å²) in [7, 11) is 0. The minimum Gasteiger partial charge on any atom is -0.453 e. The lowest BCUT2D eigenvalue weighted by Crippen LogP contribution is -2.61. The van der Waals surface area contributed by atoms with E-state index in [1.165, 1.54) is 87.3 Å². The highest BCUT2D eigenvalue weighted by Gasteiger charge is 2.44. The molecular weight excluding hydrogens is 699 g/mol. The summed E-state index contributed by atoms with van der Waals surface area (Å²) >= 11 is 1.87. The average Bonchev–Trinajstić information content (AvgIpc) is 3.88. The molecule has 13 rings (SSSR count). The molecule has 4 heterocycles. The molecule has 8 aromatic carbocycles. The molecule has 0 saturated carbocycles. The van der Waals surface area contributed by atoms with Gasteiger partial charge >= 0.3 is 0 Å². The molecule has 56 heavy (non-hydrogen) atoms. The first kappa shape index (κ1) is 30.7. The minimum absolute atomic E-state index is 0.0734. The van der Waals surface area contributed by atoms with Gasteiger partial charge in [0, 0.05) is 70.4 Å². The van der Waals surface area contributed by atoms with Crippen molar-refractivity contribution >= 4 is 111 Å². The SMILES string of the molecule is CC1(C)c2ccccc2-c2ccc3c(oc4c(N5c6ccccc6B6c7ccccc7N(c7ccc8sc9ccccc9c8c7)c7cccc5c76)cccc43)c21. The molecule has 1 aliphatic carbocycles. The van der Waals surface area contributed by atoms with E-state index in [0.29, 0.717) is 0 Å². The first-order valence-corrected chi connectivity index (χ1v) is 20.3. The highest BCUT2D eigenvalue weighted by molar-refractivity contribution is 7.25. The Kier molecular flexibility index (Phi) is 5.93. The van der Waals surface area contributed by atoms with E-state index in [0.717, 1.165) is 27.6 Å². The molecule has 0 bridgehead atoms. The lowest BCUT2D eigenvalue weighted by Gasteiger charge is -2.43. The fraction of sp³-hybridized carbons (Fsp3) is 0.0588. The van der Waals surface area contributed by atoms with Crippen LogP contribution in [-0.2, 0) is 5.41 Å². The van der Waals surface area contributed by atoms with Crippen LogP contribution in [0.4, 0.5) is 34.1 Å². The number of hydrogen-bond acceptors (Lipinski definition) is 4. The first-order valence-electron chi connectivity index (χ1n) is 19.5. The first-order chi connectivity index (χ1) is 27.6. The van der Waals surface area contributed by atoms with Gasteiger partial charge in [-0.05, 0) is 93.7 Å². The molecule has 0 atom stereocenters. The van der Waals surface area contributed by atoms with Crippen LogP contribution >= 0.6 is 11.3 Å². The zero-order valence-electron chi connectivity index (χ0n) is 30.9. The highest BCUT2D eigenvalue weighted by Crippen LogP contribution is 2.54. The van der Waals surface area contributed by atoms with Crippen molar-refractivity contribution < 1.29 is 4.42 Å². The summed E-state index contributed by atoms with van der Waals surface area (Å²) in [5.41, 5.74) is 17.9. The second-order valence-corrected chi connectivity index (χ2v) is 17.1. The molecule has 0 spiro atoms. The number of para-hydroxylation sites is 3. The minimum atomic E-state index is -0.182. The fourth-order valence-corrected chi connectivity index (χ4v) is 11.6. The summed E-state index contributed by atoms with van der Waals surface area (Å²) in [4.78, 5) is 4.96. The van der Waals surface area contributed by atoms with Gasteiger partial charge in [0.05, 0.1) is 5.69 Å². The molecule has 2 aromatic heterocycles. The molecule has 2 aliphatic heterocycles. The number of benzene rings is 8. The van der Waals surface area contributed by atoms with E-state index >= 15 is 0 Å². The van der Waals surface area contributed by atoms with Gasteiger partial charge in [-0.25, -0.2) is 0 Å². The van der Waals surface area contributed by atoms with Gasteiger partial charge in [0.15, 0.2) is 5.58 Å². The number of rotatable bonds is 2. The summed E-state index contributed by atoms with van der Waals surface area (Å²) in [5, 5.41) is 4.91. The Morgan fingerprint density at radius 2 is 1.11 bits per heavy atom. The topological polar surface area (TPSA) is 19.6 Å². The van der Waals surface area contributed by atoms with E-state index < -0.39 is 0 Å². The zero-order chi connectivity index (χ0) is 36.9. The monoisotopic (exact) mass is 732 g/mol. The van der Waals surface area contributed by atoms with Crippen molar-refractivity contribution in [2.24, 2.45) is 0 Å². The van der Waals surface area contributed by atoms with Crippen molar-refractivity contribution in [3.05, 3.63) is 175 Å². The van der Waals surface area contributed by atoms with Crippen molar-refractivity contribution in [2.45, 2.75) is 19.3 Å². The molecule has 0 N–H and O–H groups in total. The average molecular weight is 733 g/mol. The Balaban J connectivity index is 1.07. The molecule has 0 fully saturated rings. The van der Waals surface area contributed by atoms with Crippen molar-refractivity contribution in [1.29, 1.82) is 0 Å². The maximum Gasteiger partial charge on any atom is 0.252 e. The molecule has 0 amide bonds. The lowest BCUT2D eigenvalue weighted by atomic mass is 9.33. The highest BCUT2D eigenvalue weighted by atomic mass is 32.1. The molecule has 10 aromatic rings. The summed E-state index contributed by atoms with van der Waals surface area (Å²) in [6.07, 6.45) is 0. The third kappa shape index (κ3) is 3.83. The van der Waals surface area contributed by atoms with Crippen LogP contribution in [0.25, 0.3) is 53.2 Å². The van der Waals surface area contributed by atoms with Gasteiger partial charge in [0.1, 0.15) is 5.58 Å². The van der Waals surface area contributed by atoms with E-state index in [1.54, 1.807) is 0 Å². The smallest absolute Gasteiger partial charge is 0.252 e. The number of fused-ring (bicyclic) bond motifs is 14. The van der Waals surface area contributed by atoms with E-state index in [4.69, 9.17) is 4.42 Å². The molecule has 0 radical (unpaired) electrons. The second-order valence-electron chi connectivity index (χ2n) is 16.0. The van der Waals surface area contributed by atoms with Crippen molar-refractivity contribution in [1.82, 2.24) is 0 Å². The maximum absolute atomic E-state index is 7.24. The normalized spacial score (nSPS) is 14.6. The van der Waals surface area contributed by atoms with Crippen molar-refractivity contribution in [3.8, 4) is 11.1 Å². The number of hydrogen-bond donors (Lipinski definition) is 0. The third-order valence-corrected chi connectivity index (χ3v) is 14.0. The van der Waals surface area contributed by atoms with Gasteiger partial charge in [-0.15, -0.1) is 11.3 Å². The Labute approximate surface area is 328 Å². The largest absolute Gasteiger partial charge is 0.453 e. The third-order valence-electron chi connectivity index (χ3n) is 12.8. The lowest BCUT2D eigenvalue weighted by molar-refractivity contribution is 0.620.